The van der Waals surface area contributed by atoms with E-state index in [0.717, 1.165) is 49.4 Å². The summed E-state index contributed by atoms with van der Waals surface area (Å²) in [5.41, 5.74) is 4.19. The zero-order valence-electron chi connectivity index (χ0n) is 17.8. The van der Waals surface area contributed by atoms with Gasteiger partial charge in [-0.1, -0.05) is 12.1 Å². The molecule has 1 aliphatic rings. The molecule has 0 atom stereocenters. The van der Waals surface area contributed by atoms with E-state index in [1.54, 1.807) is 12.3 Å². The molecule has 0 unspecified atom stereocenters. The van der Waals surface area contributed by atoms with Gasteiger partial charge in [0, 0.05) is 48.7 Å². The number of rotatable bonds is 2. The van der Waals surface area contributed by atoms with Crippen molar-refractivity contribution in [3.05, 3.63) is 82.2 Å². The molecule has 172 valence electrons. The molecule has 1 N–H and O–H groups in total. The molecule has 0 radical (unpaired) electrons. The van der Waals surface area contributed by atoms with Crippen LogP contribution in [-0.4, -0.2) is 20.7 Å². The smallest absolute Gasteiger partial charge is 0.347 e. The van der Waals surface area contributed by atoms with E-state index in [0.29, 0.717) is 11.1 Å². The lowest BCUT2D eigenvalue weighted by molar-refractivity contribution is -0.141. The van der Waals surface area contributed by atoms with Crippen LogP contribution in [0.3, 0.4) is 0 Å². The van der Waals surface area contributed by atoms with Gasteiger partial charge in [-0.3, -0.25) is 14.3 Å². The molecule has 5 nitrogen and oxygen atoms in total. The minimum Gasteiger partial charge on any atom is -0.347 e. The van der Waals surface area contributed by atoms with Crippen molar-refractivity contribution in [2.75, 3.05) is 6.54 Å². The Morgan fingerprint density at radius 1 is 1.06 bits per heavy atom. The molecule has 3 aromatic heterocycles. The molecule has 0 fully saturated rings. The maximum atomic E-state index is 12.8. The van der Waals surface area contributed by atoms with Crippen LogP contribution in [-0.2, 0) is 26.2 Å². The van der Waals surface area contributed by atoms with E-state index in [1.807, 2.05) is 12.1 Å². The third-order valence-electron chi connectivity index (χ3n) is 6.07. The Bertz CT molecular complexity index is 1370. The first kappa shape index (κ1) is 23.1. The fourth-order valence-corrected chi connectivity index (χ4v) is 4.42. The lowest BCUT2D eigenvalue weighted by atomic mass is 10.1. The summed E-state index contributed by atoms with van der Waals surface area (Å²) in [7, 11) is 2.06. The second-order valence-electron chi connectivity index (χ2n) is 8.02. The van der Waals surface area contributed by atoms with Crippen molar-refractivity contribution in [2.45, 2.75) is 25.6 Å². The third-order valence-corrected chi connectivity index (χ3v) is 6.07. The van der Waals surface area contributed by atoms with Gasteiger partial charge in [-0.15, -0.1) is 12.4 Å². The summed E-state index contributed by atoms with van der Waals surface area (Å²) in [6.07, 6.45) is 0.388. The van der Waals surface area contributed by atoms with E-state index in [1.165, 1.54) is 33.3 Å². The van der Waals surface area contributed by atoms with Crippen LogP contribution in [0.15, 0.2) is 59.7 Å². The molecule has 0 bridgehead atoms. The molecule has 0 aliphatic carbocycles. The molecule has 0 spiro atoms. The number of hydrogen-bond acceptors (Lipinski definition) is 3. The molecule has 4 heterocycles. The first-order chi connectivity index (χ1) is 15.3. The van der Waals surface area contributed by atoms with Crippen LogP contribution < -0.4 is 10.9 Å². The molecular weight excluding hydrogens is 453 g/mol. The summed E-state index contributed by atoms with van der Waals surface area (Å²) < 4.78 is 42.0. The topological polar surface area (TPSA) is 51.9 Å². The Balaban J connectivity index is 0.00000259. The Labute approximate surface area is 194 Å². The second kappa shape index (κ2) is 8.68. The predicted octanol–water partition coefficient (Wildman–Crippen LogP) is 4.87. The zero-order chi connectivity index (χ0) is 22.5. The van der Waals surface area contributed by atoms with E-state index in [4.69, 9.17) is 0 Å². The van der Waals surface area contributed by atoms with Crippen molar-refractivity contribution in [2.24, 2.45) is 7.05 Å². The third kappa shape index (κ3) is 4.16. The summed E-state index contributed by atoms with van der Waals surface area (Å²) in [6, 6.07) is 11.4. The van der Waals surface area contributed by atoms with Crippen LogP contribution in [0.25, 0.3) is 27.7 Å². The largest absolute Gasteiger partial charge is 0.433 e. The second-order valence-corrected chi connectivity index (χ2v) is 8.02. The number of benzene rings is 1. The van der Waals surface area contributed by atoms with Crippen molar-refractivity contribution in [1.29, 1.82) is 0 Å². The highest BCUT2D eigenvalue weighted by Gasteiger charge is 2.32. The minimum atomic E-state index is -4.49. The average molecular weight is 475 g/mol. The van der Waals surface area contributed by atoms with Crippen LogP contribution in [0.5, 0.6) is 0 Å². The van der Waals surface area contributed by atoms with Gasteiger partial charge < -0.3 is 9.88 Å². The molecule has 1 aliphatic heterocycles. The lowest BCUT2D eigenvalue weighted by Gasteiger charge is -2.10. The van der Waals surface area contributed by atoms with Crippen LogP contribution >= 0.6 is 12.4 Å². The summed E-state index contributed by atoms with van der Waals surface area (Å²) >= 11 is 0. The van der Waals surface area contributed by atoms with Crippen LogP contribution in [0, 0.1) is 0 Å². The van der Waals surface area contributed by atoms with E-state index < -0.39 is 11.9 Å². The molecule has 9 heteroatoms. The molecule has 1 aromatic carbocycles. The normalized spacial score (nSPS) is 13.9. The lowest BCUT2D eigenvalue weighted by Crippen LogP contribution is -2.16. The van der Waals surface area contributed by atoms with Gasteiger partial charge in [0.1, 0.15) is 5.69 Å². The van der Waals surface area contributed by atoms with Crippen molar-refractivity contribution in [3.63, 3.8) is 0 Å². The first-order valence-corrected chi connectivity index (χ1v) is 10.4. The number of aromatic nitrogens is 3. The summed E-state index contributed by atoms with van der Waals surface area (Å²) in [6.45, 7) is 1.84. The molecule has 5 rings (SSSR count). The van der Waals surface area contributed by atoms with Gasteiger partial charge in [0.2, 0.25) is 0 Å². The Hall–Kier alpha value is -3.10. The standard InChI is InChI=1S/C24H21F3N4O.ClH/c1-30-20-3-2-9-28-14-19(20)18-6-5-17(12-21(18)30)31-10-8-15(11-23(31)32)16-4-7-22(29-13-16)24(25,26)27;/h4-8,10-13,28H,2-3,9,14H2,1H3;1H. The SMILES string of the molecule is Cl.Cn1c2c(c3ccc(-n4ccc(-c5ccc(C(F)(F)F)nc5)cc4=O)cc31)CNCCC2. The van der Waals surface area contributed by atoms with Crippen molar-refractivity contribution in [3.8, 4) is 16.8 Å². The van der Waals surface area contributed by atoms with Gasteiger partial charge in [0.15, 0.2) is 0 Å². The first-order valence-electron chi connectivity index (χ1n) is 10.4. The number of nitrogens with zero attached hydrogens (tertiary/aromatic N) is 3. The highest BCUT2D eigenvalue weighted by molar-refractivity contribution is 5.87. The molecule has 0 amide bonds. The number of aryl methyl sites for hydroxylation is 1. The Morgan fingerprint density at radius 3 is 2.58 bits per heavy atom. The summed E-state index contributed by atoms with van der Waals surface area (Å²) in [4.78, 5) is 16.3. The zero-order valence-corrected chi connectivity index (χ0v) is 18.6. The number of halogens is 4. The van der Waals surface area contributed by atoms with Crippen LogP contribution in [0.4, 0.5) is 13.2 Å². The van der Waals surface area contributed by atoms with E-state index >= 15 is 0 Å². The molecule has 0 saturated carbocycles. The van der Waals surface area contributed by atoms with Gasteiger partial charge in [0.25, 0.3) is 5.56 Å². The summed E-state index contributed by atoms with van der Waals surface area (Å²) in [5, 5.41) is 4.64. The van der Waals surface area contributed by atoms with Gasteiger partial charge in [-0.25, -0.2) is 0 Å². The van der Waals surface area contributed by atoms with E-state index in [-0.39, 0.29) is 18.0 Å². The fourth-order valence-electron chi connectivity index (χ4n) is 4.42. The van der Waals surface area contributed by atoms with Crippen LogP contribution in [0.2, 0.25) is 0 Å². The number of alkyl halides is 3. The van der Waals surface area contributed by atoms with Gasteiger partial charge in [0.05, 0.1) is 11.2 Å². The van der Waals surface area contributed by atoms with Gasteiger partial charge in [-0.05, 0) is 54.8 Å². The van der Waals surface area contributed by atoms with E-state index in [9.17, 15) is 18.0 Å². The number of nitrogens with one attached hydrogen (secondary N) is 1. The van der Waals surface area contributed by atoms with Crippen LogP contribution in [0.1, 0.15) is 23.4 Å². The van der Waals surface area contributed by atoms with Crippen molar-refractivity contribution < 1.29 is 13.2 Å². The number of hydrogen-bond donors (Lipinski definition) is 1. The maximum Gasteiger partial charge on any atom is 0.433 e. The van der Waals surface area contributed by atoms with Gasteiger partial charge >= 0.3 is 6.18 Å². The van der Waals surface area contributed by atoms with Crippen molar-refractivity contribution >= 4 is 23.3 Å². The molecule has 33 heavy (non-hydrogen) atoms. The molecule has 0 saturated heterocycles. The number of fused-ring (bicyclic) bond motifs is 3. The minimum absolute atomic E-state index is 0. The van der Waals surface area contributed by atoms with Crippen molar-refractivity contribution in [1.82, 2.24) is 19.4 Å². The maximum absolute atomic E-state index is 12.8. The quantitative estimate of drug-likeness (QED) is 0.451. The average Bonchev–Trinajstić information content (AvgIpc) is 2.93. The molecular formula is C24H22ClF3N4O. The Kier molecular flexibility index (Phi) is 6.07. The molecule has 4 aromatic rings. The van der Waals surface area contributed by atoms with E-state index in [2.05, 4.69) is 28.0 Å². The highest BCUT2D eigenvalue weighted by Crippen LogP contribution is 2.30. The summed E-state index contributed by atoms with van der Waals surface area (Å²) in [5.74, 6) is 0. The monoisotopic (exact) mass is 474 g/mol. The highest BCUT2D eigenvalue weighted by atomic mass is 35.5. The number of pyridine rings is 2. The predicted molar refractivity (Wildman–Crippen MR) is 124 cm³/mol. The fraction of sp³-hybridized carbons (Fsp3) is 0.250. The van der Waals surface area contributed by atoms with Gasteiger partial charge in [-0.2, -0.15) is 13.2 Å². The Morgan fingerprint density at radius 2 is 1.88 bits per heavy atom.